The predicted octanol–water partition coefficient (Wildman–Crippen LogP) is 5.44. The largest absolute Gasteiger partial charge is 0.320 e. The van der Waals surface area contributed by atoms with E-state index in [9.17, 15) is 9.59 Å². The van der Waals surface area contributed by atoms with Gasteiger partial charge in [-0.3, -0.25) is 14.6 Å². The highest BCUT2D eigenvalue weighted by Crippen LogP contribution is 2.30. The summed E-state index contributed by atoms with van der Waals surface area (Å²) in [5, 5.41) is 13.5. The van der Waals surface area contributed by atoms with Crippen LogP contribution in [0.1, 0.15) is 55.5 Å². The Kier molecular flexibility index (Phi) is 11.7. The maximum atomic E-state index is 12.3. The number of nitrogens with zero attached hydrogens (tertiary/aromatic N) is 3. The highest BCUT2D eigenvalue weighted by molar-refractivity contribution is 6.05. The quantitative estimate of drug-likeness (QED) is 0.465. The van der Waals surface area contributed by atoms with Gasteiger partial charge >= 0.3 is 0 Å². The van der Waals surface area contributed by atoms with E-state index in [4.69, 9.17) is 5.26 Å². The van der Waals surface area contributed by atoms with Gasteiger partial charge in [0.25, 0.3) is 5.91 Å². The fraction of sp³-hybridized carbons (Fsp3) is 0.320. The van der Waals surface area contributed by atoms with Crippen molar-refractivity contribution >= 4 is 23.3 Å². The van der Waals surface area contributed by atoms with E-state index in [1.807, 2.05) is 32.1 Å². The Bertz CT molecular complexity index is 974. The zero-order chi connectivity index (χ0) is 23.9. The molecule has 1 fully saturated rings. The molecule has 7 heteroatoms. The second-order valence-electron chi connectivity index (χ2n) is 7.10. The third-order valence-corrected chi connectivity index (χ3v) is 4.38. The van der Waals surface area contributed by atoms with E-state index in [1.165, 1.54) is 6.20 Å². The van der Waals surface area contributed by atoms with Gasteiger partial charge in [-0.2, -0.15) is 5.26 Å². The molecule has 0 saturated heterocycles. The zero-order valence-corrected chi connectivity index (χ0v) is 19.0. The number of nitrogens with one attached hydrogen (secondary N) is 2. The van der Waals surface area contributed by atoms with Crippen LogP contribution in [-0.2, 0) is 4.79 Å². The van der Waals surface area contributed by atoms with Gasteiger partial charge in [0.1, 0.15) is 5.82 Å². The number of rotatable bonds is 6. The molecule has 0 unspecified atom stereocenters. The average Bonchev–Trinajstić information content (AvgIpc) is 3.66. The van der Waals surface area contributed by atoms with E-state index in [0.717, 1.165) is 31.2 Å². The van der Waals surface area contributed by atoms with E-state index < -0.39 is 0 Å². The van der Waals surface area contributed by atoms with Crippen LogP contribution in [0.4, 0.5) is 11.5 Å². The highest BCUT2D eigenvalue weighted by atomic mass is 16.2. The van der Waals surface area contributed by atoms with Gasteiger partial charge in [0.2, 0.25) is 5.91 Å². The first kappa shape index (κ1) is 26.2. The molecular formula is C25H31N5O2. The minimum Gasteiger partial charge on any atom is -0.320 e. The van der Waals surface area contributed by atoms with Crippen LogP contribution in [0.15, 0.2) is 61.6 Å². The Labute approximate surface area is 190 Å². The molecule has 32 heavy (non-hydrogen) atoms. The molecule has 0 bridgehead atoms. The van der Waals surface area contributed by atoms with Gasteiger partial charge in [-0.05, 0) is 56.4 Å². The van der Waals surface area contributed by atoms with E-state index in [2.05, 4.69) is 40.7 Å². The van der Waals surface area contributed by atoms with Crippen molar-refractivity contribution in [3.05, 3.63) is 72.7 Å². The van der Waals surface area contributed by atoms with Crippen LogP contribution in [0.25, 0.3) is 0 Å². The maximum absolute atomic E-state index is 12.3. The number of carbonyl (C=O) groups excluding carboxylic acids is 2. The summed E-state index contributed by atoms with van der Waals surface area (Å²) in [5.41, 5.74) is 2.67. The molecule has 2 heterocycles. The Morgan fingerprint density at radius 3 is 2.44 bits per heavy atom. The predicted molar refractivity (Wildman–Crippen MR) is 128 cm³/mol. The van der Waals surface area contributed by atoms with Gasteiger partial charge in [0, 0.05) is 29.4 Å². The van der Waals surface area contributed by atoms with Gasteiger partial charge in [-0.25, -0.2) is 4.98 Å². The van der Waals surface area contributed by atoms with Crippen molar-refractivity contribution < 1.29 is 9.59 Å². The standard InChI is InChI=1S/C16H16N4O2.C5H7N.C4H8/c1-10-4-6-17-9-13(10)19-16(22)12-5-7-18-14(8-12)20-15(21)11-2-3-11;1-3-5(2)4-6;1-3-4-2/h4-9,11H,2-3H2,1H3,(H,19,22)(H,18,20,21);2-3H2,1H3;3H,1,4H2,2H3. The van der Waals surface area contributed by atoms with E-state index in [-0.39, 0.29) is 17.7 Å². The lowest BCUT2D eigenvalue weighted by Gasteiger charge is -2.09. The van der Waals surface area contributed by atoms with Gasteiger partial charge in [-0.1, -0.05) is 26.5 Å². The lowest BCUT2D eigenvalue weighted by atomic mass is 10.2. The lowest BCUT2D eigenvalue weighted by Crippen LogP contribution is -2.16. The molecule has 0 radical (unpaired) electrons. The van der Waals surface area contributed by atoms with Crippen molar-refractivity contribution in [2.24, 2.45) is 5.92 Å². The van der Waals surface area contributed by atoms with Gasteiger partial charge < -0.3 is 10.6 Å². The molecule has 2 N–H and O–H groups in total. The summed E-state index contributed by atoms with van der Waals surface area (Å²) in [5.74, 6) is 0.193. The first-order valence-electron chi connectivity index (χ1n) is 10.5. The van der Waals surface area contributed by atoms with E-state index in [0.29, 0.717) is 22.6 Å². The van der Waals surface area contributed by atoms with Crippen LogP contribution in [0.3, 0.4) is 0 Å². The number of carbonyl (C=O) groups is 2. The molecule has 7 nitrogen and oxygen atoms in total. The van der Waals surface area contributed by atoms with Crippen LogP contribution in [0.5, 0.6) is 0 Å². The maximum Gasteiger partial charge on any atom is 0.255 e. The SMILES string of the molecule is C=C(C#N)CC.C=CCC.Cc1ccncc1NC(=O)c1ccnc(NC(=O)C2CC2)c1. The minimum atomic E-state index is -0.263. The molecule has 1 aliphatic rings. The molecule has 2 aromatic rings. The molecule has 0 aliphatic heterocycles. The zero-order valence-electron chi connectivity index (χ0n) is 19.0. The molecule has 2 aromatic heterocycles. The van der Waals surface area contributed by atoms with Crippen LogP contribution in [0.2, 0.25) is 0 Å². The number of aromatic nitrogens is 2. The van der Waals surface area contributed by atoms with Crippen molar-refractivity contribution in [2.75, 3.05) is 10.6 Å². The summed E-state index contributed by atoms with van der Waals surface area (Å²) < 4.78 is 0. The van der Waals surface area contributed by atoms with Gasteiger partial charge in [-0.15, -0.1) is 6.58 Å². The Morgan fingerprint density at radius 1 is 1.25 bits per heavy atom. The topological polar surface area (TPSA) is 108 Å². The number of amides is 2. The van der Waals surface area contributed by atoms with Gasteiger partial charge in [0.15, 0.2) is 0 Å². The van der Waals surface area contributed by atoms with Crippen molar-refractivity contribution in [3.8, 4) is 6.07 Å². The third-order valence-electron chi connectivity index (χ3n) is 4.38. The Balaban J connectivity index is 0.000000432. The molecule has 0 atom stereocenters. The monoisotopic (exact) mass is 433 g/mol. The smallest absolute Gasteiger partial charge is 0.255 e. The summed E-state index contributed by atoms with van der Waals surface area (Å²) in [6.45, 7) is 12.8. The normalized spacial score (nSPS) is 11.3. The number of hydrogen-bond donors (Lipinski definition) is 2. The first-order valence-corrected chi connectivity index (χ1v) is 10.5. The van der Waals surface area contributed by atoms with Crippen molar-refractivity contribution in [2.45, 2.75) is 46.5 Å². The van der Waals surface area contributed by atoms with E-state index >= 15 is 0 Å². The van der Waals surface area contributed by atoms with Crippen LogP contribution < -0.4 is 10.6 Å². The number of nitriles is 1. The highest BCUT2D eigenvalue weighted by Gasteiger charge is 2.29. The summed E-state index contributed by atoms with van der Waals surface area (Å²) in [6.07, 6.45) is 10.4. The fourth-order valence-corrected chi connectivity index (χ4v) is 2.08. The molecule has 168 valence electrons. The summed E-state index contributed by atoms with van der Waals surface area (Å²) >= 11 is 0. The van der Waals surface area contributed by atoms with Crippen LogP contribution >= 0.6 is 0 Å². The summed E-state index contributed by atoms with van der Waals surface area (Å²) in [7, 11) is 0. The summed E-state index contributed by atoms with van der Waals surface area (Å²) in [4.78, 5) is 32.1. The van der Waals surface area contributed by atoms with Crippen LogP contribution in [-0.4, -0.2) is 21.8 Å². The molecule has 3 rings (SSSR count). The number of hydrogen-bond acceptors (Lipinski definition) is 5. The number of aryl methyl sites for hydroxylation is 1. The van der Waals surface area contributed by atoms with Crippen molar-refractivity contribution in [1.82, 2.24) is 9.97 Å². The Morgan fingerprint density at radius 2 is 1.94 bits per heavy atom. The second kappa shape index (κ2) is 14.3. The number of allylic oxidation sites excluding steroid dienone is 2. The first-order chi connectivity index (χ1) is 15.4. The molecular weight excluding hydrogens is 402 g/mol. The van der Waals surface area contributed by atoms with E-state index in [1.54, 1.807) is 24.5 Å². The Hall–Kier alpha value is -3.79. The number of pyridine rings is 2. The molecule has 2 amide bonds. The molecule has 1 saturated carbocycles. The summed E-state index contributed by atoms with van der Waals surface area (Å²) in [6, 6.07) is 6.92. The fourth-order valence-electron chi connectivity index (χ4n) is 2.08. The van der Waals surface area contributed by atoms with Crippen molar-refractivity contribution in [3.63, 3.8) is 0 Å². The van der Waals surface area contributed by atoms with Crippen molar-refractivity contribution in [1.29, 1.82) is 5.26 Å². The molecule has 0 spiro atoms. The second-order valence-corrected chi connectivity index (χ2v) is 7.10. The minimum absolute atomic E-state index is 0.0341. The molecule has 1 aliphatic carbocycles. The number of anilines is 2. The lowest BCUT2D eigenvalue weighted by molar-refractivity contribution is -0.117. The van der Waals surface area contributed by atoms with Gasteiger partial charge in [0.05, 0.1) is 18.0 Å². The van der Waals surface area contributed by atoms with Crippen LogP contribution in [0, 0.1) is 24.2 Å². The molecule has 0 aromatic carbocycles. The third kappa shape index (κ3) is 9.81. The average molecular weight is 434 g/mol.